The lowest BCUT2D eigenvalue weighted by Crippen LogP contribution is -2.65. The molecule has 170 valence electrons. The van der Waals surface area contributed by atoms with Crippen LogP contribution in [-0.4, -0.2) is 23.7 Å². The third kappa shape index (κ3) is 5.65. The minimum atomic E-state index is -0.125. The van der Waals surface area contributed by atoms with E-state index in [-0.39, 0.29) is 23.5 Å². The summed E-state index contributed by atoms with van der Waals surface area (Å²) in [7, 11) is 0. The summed E-state index contributed by atoms with van der Waals surface area (Å²) in [5.74, 6) is 0.393. The maximum absolute atomic E-state index is 12.6. The molecule has 1 spiro atoms. The molecular formula is C27H40N2O2. The molecule has 0 amide bonds. The Hall–Kier alpha value is -1.94. The molecule has 0 bridgehead atoms. The van der Waals surface area contributed by atoms with Gasteiger partial charge in [0.25, 0.3) is 0 Å². The van der Waals surface area contributed by atoms with Crippen molar-refractivity contribution < 1.29 is 9.53 Å². The molecule has 4 heteroatoms. The summed E-state index contributed by atoms with van der Waals surface area (Å²) in [5.41, 5.74) is 4.54. The molecule has 4 nitrogen and oxygen atoms in total. The van der Waals surface area contributed by atoms with E-state index in [1.165, 1.54) is 11.3 Å². The summed E-state index contributed by atoms with van der Waals surface area (Å²) < 4.78 is 5.93. The summed E-state index contributed by atoms with van der Waals surface area (Å²) in [5, 5.41) is 3.38. The minimum Gasteiger partial charge on any atom is -0.446 e. The minimum absolute atomic E-state index is 0.0388. The average molecular weight is 425 g/mol. The third-order valence-corrected chi connectivity index (χ3v) is 7.16. The van der Waals surface area contributed by atoms with E-state index in [1.54, 1.807) is 0 Å². The highest BCUT2D eigenvalue weighted by molar-refractivity contribution is 5.72. The molecule has 3 rings (SSSR count). The van der Waals surface area contributed by atoms with Crippen molar-refractivity contribution in [3.8, 4) is 0 Å². The smallest absolute Gasteiger partial charge is 0.310 e. The second-order valence-electron chi connectivity index (χ2n) is 9.73. The van der Waals surface area contributed by atoms with Gasteiger partial charge in [0, 0.05) is 23.6 Å². The average Bonchev–Trinajstić information content (AvgIpc) is 2.76. The van der Waals surface area contributed by atoms with E-state index in [9.17, 15) is 4.79 Å². The number of nitrogens with zero attached hydrogens (tertiary/aromatic N) is 1. The molecule has 1 saturated carbocycles. The van der Waals surface area contributed by atoms with Crippen molar-refractivity contribution in [2.24, 2.45) is 11.3 Å². The number of hydrogen-bond acceptors (Lipinski definition) is 4. The van der Waals surface area contributed by atoms with E-state index >= 15 is 0 Å². The second-order valence-corrected chi connectivity index (χ2v) is 9.73. The van der Waals surface area contributed by atoms with Gasteiger partial charge in [-0.1, -0.05) is 38.6 Å². The van der Waals surface area contributed by atoms with Gasteiger partial charge in [-0.25, -0.2) is 0 Å². The van der Waals surface area contributed by atoms with Gasteiger partial charge in [-0.3, -0.25) is 15.1 Å². The number of rotatable bonds is 9. The summed E-state index contributed by atoms with van der Waals surface area (Å²) >= 11 is 0. The normalized spacial score (nSPS) is 26.6. The van der Waals surface area contributed by atoms with Crippen LogP contribution < -0.4 is 5.32 Å². The summed E-state index contributed by atoms with van der Waals surface area (Å²) in [6, 6.07) is 4.35. The van der Waals surface area contributed by atoms with Gasteiger partial charge in [0.05, 0.1) is 11.6 Å². The molecule has 2 heterocycles. The highest BCUT2D eigenvalue weighted by atomic mass is 16.6. The molecule has 31 heavy (non-hydrogen) atoms. The quantitative estimate of drug-likeness (QED) is 0.287. The van der Waals surface area contributed by atoms with Crippen LogP contribution in [0.5, 0.6) is 0 Å². The third-order valence-electron chi connectivity index (χ3n) is 7.16. The van der Waals surface area contributed by atoms with E-state index < -0.39 is 0 Å². The molecule has 1 N–H and O–H groups in total. The summed E-state index contributed by atoms with van der Waals surface area (Å²) in [4.78, 5) is 17.5. The van der Waals surface area contributed by atoms with Crippen molar-refractivity contribution in [1.82, 2.24) is 10.3 Å². The largest absolute Gasteiger partial charge is 0.446 e. The first kappa shape index (κ1) is 23.7. The Kier molecular flexibility index (Phi) is 8.10. The Morgan fingerprint density at radius 3 is 2.71 bits per heavy atom. The first-order chi connectivity index (χ1) is 14.9. The Labute approximate surface area is 188 Å². The highest BCUT2D eigenvalue weighted by Crippen LogP contribution is 2.48. The molecular weight excluding hydrogens is 384 g/mol. The molecule has 2 fully saturated rings. The molecule has 0 radical (unpaired) electrons. The maximum Gasteiger partial charge on any atom is 0.310 e. The summed E-state index contributed by atoms with van der Waals surface area (Å²) in [6.45, 7) is 13.3. The fourth-order valence-electron chi connectivity index (χ4n) is 4.95. The van der Waals surface area contributed by atoms with Crippen molar-refractivity contribution in [3.05, 3.63) is 47.8 Å². The number of ether oxygens (including phenoxy) is 1. The predicted octanol–water partition coefficient (Wildman–Crippen LogP) is 6.31. The number of unbranched alkanes of at least 4 members (excludes halogenated alkanes) is 1. The standard InChI is InChI=1S/C27H40N2O2/c1-6-7-8-9-10-11-21(5)25(30)31-26-27(18-28-26)16-14-22(15-17-27)23-13-12-20(4)24(29-23)19(2)3/h7-8,12-13,21-22,26,28H,2,6,9-11,14-18H2,1,3-5H3. The van der Waals surface area contributed by atoms with E-state index in [0.29, 0.717) is 5.92 Å². The number of carbonyl (C=O) groups is 1. The molecule has 2 unspecified atom stereocenters. The van der Waals surface area contributed by atoms with Crippen LogP contribution in [-0.2, 0) is 9.53 Å². The van der Waals surface area contributed by atoms with E-state index in [1.807, 2.05) is 13.8 Å². The van der Waals surface area contributed by atoms with Gasteiger partial charge in [-0.15, -0.1) is 0 Å². The lowest BCUT2D eigenvalue weighted by Gasteiger charge is -2.52. The van der Waals surface area contributed by atoms with Gasteiger partial charge in [0.1, 0.15) is 0 Å². The highest BCUT2D eigenvalue weighted by Gasteiger charge is 2.51. The molecule has 1 aliphatic carbocycles. The zero-order valence-electron chi connectivity index (χ0n) is 19.9. The van der Waals surface area contributed by atoms with Gasteiger partial charge in [0.15, 0.2) is 6.23 Å². The van der Waals surface area contributed by atoms with E-state index in [0.717, 1.165) is 69.2 Å². The van der Waals surface area contributed by atoms with Gasteiger partial charge >= 0.3 is 5.97 Å². The fraction of sp³-hybridized carbons (Fsp3) is 0.630. The van der Waals surface area contributed by atoms with Crippen LogP contribution in [0.3, 0.4) is 0 Å². The van der Waals surface area contributed by atoms with Crippen LogP contribution in [0.25, 0.3) is 5.57 Å². The monoisotopic (exact) mass is 424 g/mol. The Balaban J connectivity index is 1.50. The summed E-state index contributed by atoms with van der Waals surface area (Å²) in [6.07, 6.45) is 12.7. The lowest BCUT2D eigenvalue weighted by molar-refractivity contribution is -0.181. The van der Waals surface area contributed by atoms with Crippen LogP contribution in [0.4, 0.5) is 0 Å². The van der Waals surface area contributed by atoms with Crippen molar-refractivity contribution in [3.63, 3.8) is 0 Å². The number of nitrogens with one attached hydrogen (secondary N) is 1. The predicted molar refractivity (Wildman–Crippen MR) is 128 cm³/mol. The molecule has 2 aliphatic rings. The fourth-order valence-corrected chi connectivity index (χ4v) is 4.95. The van der Waals surface area contributed by atoms with Crippen molar-refractivity contribution in [2.75, 3.05) is 6.54 Å². The van der Waals surface area contributed by atoms with Gasteiger partial charge in [0.2, 0.25) is 0 Å². The number of allylic oxidation sites excluding steroid dienone is 3. The number of pyridine rings is 1. The molecule has 1 saturated heterocycles. The van der Waals surface area contributed by atoms with Gasteiger partial charge < -0.3 is 4.74 Å². The first-order valence-electron chi connectivity index (χ1n) is 12.1. The topological polar surface area (TPSA) is 51.2 Å². The number of esters is 1. The van der Waals surface area contributed by atoms with E-state index in [4.69, 9.17) is 9.72 Å². The molecule has 1 aromatic rings. The number of aryl methyl sites for hydroxylation is 1. The number of aromatic nitrogens is 1. The zero-order chi connectivity index (χ0) is 22.4. The van der Waals surface area contributed by atoms with Crippen molar-refractivity contribution in [1.29, 1.82) is 0 Å². The van der Waals surface area contributed by atoms with Gasteiger partial charge in [-0.05, 0) is 82.4 Å². The SMILES string of the molecule is C=C(C)c1nc(C2CCC3(CC2)CNC3OC(=O)C(C)CCCC=CCC)ccc1C. The van der Waals surface area contributed by atoms with Gasteiger partial charge in [-0.2, -0.15) is 0 Å². The first-order valence-corrected chi connectivity index (χ1v) is 12.1. The Bertz CT molecular complexity index is 805. The number of carbonyl (C=O) groups excluding carboxylic acids is 1. The van der Waals surface area contributed by atoms with Crippen LogP contribution in [0.2, 0.25) is 0 Å². The zero-order valence-corrected chi connectivity index (χ0v) is 19.9. The van der Waals surface area contributed by atoms with Crippen LogP contribution >= 0.6 is 0 Å². The maximum atomic E-state index is 12.6. The van der Waals surface area contributed by atoms with Crippen molar-refractivity contribution >= 4 is 11.5 Å². The number of hydrogen-bond donors (Lipinski definition) is 1. The van der Waals surface area contributed by atoms with Crippen LogP contribution in [0.15, 0.2) is 30.9 Å². The Morgan fingerprint density at radius 1 is 1.35 bits per heavy atom. The van der Waals surface area contributed by atoms with E-state index in [2.05, 4.69) is 50.0 Å². The molecule has 0 aromatic carbocycles. The van der Waals surface area contributed by atoms with Crippen LogP contribution in [0.1, 0.15) is 95.0 Å². The Morgan fingerprint density at radius 2 is 2.10 bits per heavy atom. The second kappa shape index (κ2) is 10.6. The molecule has 2 atom stereocenters. The molecule has 1 aliphatic heterocycles. The van der Waals surface area contributed by atoms with Crippen LogP contribution in [0, 0.1) is 18.3 Å². The van der Waals surface area contributed by atoms with Crippen molar-refractivity contribution in [2.45, 2.75) is 91.2 Å². The molecule has 1 aromatic heterocycles. The lowest BCUT2D eigenvalue weighted by atomic mass is 9.65.